The summed E-state index contributed by atoms with van der Waals surface area (Å²) in [5.41, 5.74) is 4.36. The second-order valence-corrected chi connectivity index (χ2v) is 7.10. The van der Waals surface area contributed by atoms with Gasteiger partial charge in [-0.3, -0.25) is 4.90 Å². The highest BCUT2D eigenvalue weighted by atomic mass is 16.5. The summed E-state index contributed by atoms with van der Waals surface area (Å²) < 4.78 is 6.14. The summed E-state index contributed by atoms with van der Waals surface area (Å²) in [7, 11) is 0. The molecule has 3 aliphatic rings. The van der Waals surface area contributed by atoms with Crippen molar-refractivity contribution in [2.75, 3.05) is 13.1 Å². The van der Waals surface area contributed by atoms with Crippen molar-refractivity contribution in [2.45, 2.75) is 50.9 Å². The van der Waals surface area contributed by atoms with Crippen LogP contribution in [0.5, 0.6) is 0 Å². The topological polar surface area (TPSA) is 36.3 Å². The lowest BCUT2D eigenvalue weighted by molar-refractivity contribution is 0.0461. The zero-order valence-electron chi connectivity index (χ0n) is 14.1. The predicted octanol–water partition coefficient (Wildman–Crippen LogP) is 4.07. The number of hydrogen-bond donors (Lipinski definition) is 0. The van der Waals surface area contributed by atoms with Crippen molar-refractivity contribution in [2.24, 2.45) is 0 Å². The summed E-state index contributed by atoms with van der Waals surface area (Å²) in [5.74, 6) is 0. The third-order valence-corrected chi connectivity index (χ3v) is 5.55. The molecule has 24 heavy (non-hydrogen) atoms. The summed E-state index contributed by atoms with van der Waals surface area (Å²) in [6.45, 7) is 3.05. The minimum absolute atomic E-state index is 0.395. The van der Waals surface area contributed by atoms with Gasteiger partial charge in [-0.2, -0.15) is 5.26 Å². The largest absolute Gasteiger partial charge is 0.372 e. The molecule has 3 nitrogen and oxygen atoms in total. The summed E-state index contributed by atoms with van der Waals surface area (Å²) in [6.07, 6.45) is 10.3. The van der Waals surface area contributed by atoms with Crippen molar-refractivity contribution in [3.8, 4) is 6.07 Å². The van der Waals surface area contributed by atoms with Crippen molar-refractivity contribution < 1.29 is 4.74 Å². The normalized spacial score (nSPS) is 26.6. The molecule has 2 atom stereocenters. The van der Waals surface area contributed by atoms with E-state index in [1.54, 1.807) is 0 Å². The monoisotopic (exact) mass is 320 g/mol. The lowest BCUT2D eigenvalue weighted by atomic mass is 9.92. The molecular weight excluding hydrogens is 296 g/mol. The van der Waals surface area contributed by atoms with E-state index in [2.05, 4.69) is 41.3 Å². The quantitative estimate of drug-likeness (QED) is 0.839. The minimum atomic E-state index is 0.395. The Bertz CT molecular complexity index is 684. The minimum Gasteiger partial charge on any atom is -0.372 e. The molecule has 0 amide bonds. The molecule has 0 saturated carbocycles. The average molecular weight is 320 g/mol. The molecular formula is C21H24N2O. The lowest BCUT2D eigenvalue weighted by Gasteiger charge is -2.15. The van der Waals surface area contributed by atoms with Gasteiger partial charge in [0.15, 0.2) is 0 Å². The van der Waals surface area contributed by atoms with E-state index in [1.165, 1.54) is 42.5 Å². The summed E-state index contributed by atoms with van der Waals surface area (Å²) >= 11 is 0. The summed E-state index contributed by atoms with van der Waals surface area (Å²) in [6, 6.07) is 11.6. The van der Waals surface area contributed by atoms with Gasteiger partial charge in [-0.1, -0.05) is 30.3 Å². The van der Waals surface area contributed by atoms with Crippen LogP contribution in [-0.2, 0) is 11.3 Å². The van der Waals surface area contributed by atoms with Crippen LogP contribution >= 0.6 is 0 Å². The van der Waals surface area contributed by atoms with Crippen molar-refractivity contribution in [1.29, 1.82) is 5.26 Å². The van der Waals surface area contributed by atoms with E-state index >= 15 is 0 Å². The number of nitriles is 1. The molecule has 0 radical (unpaired) electrons. The molecule has 0 bridgehead atoms. The van der Waals surface area contributed by atoms with Crippen LogP contribution in [0, 0.1) is 11.3 Å². The Hall–Kier alpha value is -1.89. The van der Waals surface area contributed by atoms with Crippen molar-refractivity contribution in [1.82, 2.24) is 4.90 Å². The van der Waals surface area contributed by atoms with Gasteiger partial charge in [-0.25, -0.2) is 0 Å². The van der Waals surface area contributed by atoms with Crippen molar-refractivity contribution in [3.63, 3.8) is 0 Å². The molecule has 2 saturated heterocycles. The van der Waals surface area contributed by atoms with Crippen LogP contribution in [0.1, 0.15) is 43.2 Å². The smallest absolute Gasteiger partial charge is 0.0994 e. The van der Waals surface area contributed by atoms with E-state index in [1.807, 2.05) is 6.08 Å². The molecule has 2 heterocycles. The lowest BCUT2D eigenvalue weighted by Crippen LogP contribution is -2.23. The first kappa shape index (κ1) is 15.6. The Morgan fingerprint density at radius 2 is 2.12 bits per heavy atom. The maximum atomic E-state index is 9.27. The van der Waals surface area contributed by atoms with Gasteiger partial charge in [-0.15, -0.1) is 0 Å². The fraction of sp³-hybridized carbons (Fsp3) is 0.476. The number of allylic oxidation sites excluding steroid dienone is 4. The molecule has 1 aromatic rings. The van der Waals surface area contributed by atoms with Crippen LogP contribution in [0.4, 0.5) is 0 Å². The number of benzene rings is 1. The second-order valence-electron chi connectivity index (χ2n) is 7.10. The fourth-order valence-electron chi connectivity index (χ4n) is 4.25. The van der Waals surface area contributed by atoms with Gasteiger partial charge in [0.25, 0.3) is 0 Å². The molecule has 0 aromatic heterocycles. The van der Waals surface area contributed by atoms with Crippen LogP contribution in [0.25, 0.3) is 5.57 Å². The Kier molecular flexibility index (Phi) is 4.51. The number of fused-ring (bicyclic) bond motifs is 1. The molecule has 2 aliphatic heterocycles. The average Bonchev–Trinajstić information content (AvgIpc) is 3.22. The number of rotatable bonds is 4. The molecule has 0 N–H and O–H groups in total. The van der Waals surface area contributed by atoms with Gasteiger partial charge in [0.05, 0.1) is 24.4 Å². The maximum Gasteiger partial charge on any atom is 0.0994 e. The Labute approximate surface area is 144 Å². The van der Waals surface area contributed by atoms with Gasteiger partial charge < -0.3 is 4.74 Å². The number of hydrogen-bond acceptors (Lipinski definition) is 3. The van der Waals surface area contributed by atoms with E-state index in [4.69, 9.17) is 4.74 Å². The van der Waals surface area contributed by atoms with E-state index in [9.17, 15) is 5.26 Å². The van der Waals surface area contributed by atoms with Gasteiger partial charge >= 0.3 is 0 Å². The van der Waals surface area contributed by atoms with E-state index in [0.717, 1.165) is 31.0 Å². The van der Waals surface area contributed by atoms with Crippen LogP contribution in [0.3, 0.4) is 0 Å². The van der Waals surface area contributed by atoms with Crippen molar-refractivity contribution >= 4 is 5.57 Å². The first-order valence-electron chi connectivity index (χ1n) is 9.08. The zero-order valence-corrected chi connectivity index (χ0v) is 14.1. The van der Waals surface area contributed by atoms with Gasteiger partial charge in [-0.05, 0) is 61.4 Å². The Morgan fingerprint density at radius 3 is 2.92 bits per heavy atom. The predicted molar refractivity (Wildman–Crippen MR) is 95.1 cm³/mol. The molecule has 0 spiro atoms. The summed E-state index contributed by atoms with van der Waals surface area (Å²) in [4.78, 5) is 2.58. The van der Waals surface area contributed by atoms with E-state index in [0.29, 0.717) is 12.7 Å². The van der Waals surface area contributed by atoms with Crippen LogP contribution in [-0.4, -0.2) is 30.1 Å². The highest BCUT2D eigenvalue weighted by molar-refractivity contribution is 5.75. The standard InChI is InChI=1S/C21H24N2O/c22-13-18-4-1-2-6-21(18)17-9-7-16(8-10-17)15-24-20-12-19-5-3-11-23(19)14-20/h1,4,7-10,19-20H,2-3,5-6,11-12,14-15H2. The van der Waals surface area contributed by atoms with Gasteiger partial charge in [0, 0.05) is 12.6 Å². The zero-order chi connectivity index (χ0) is 16.4. The van der Waals surface area contributed by atoms with Crippen LogP contribution < -0.4 is 0 Å². The van der Waals surface area contributed by atoms with Gasteiger partial charge in [0.1, 0.15) is 0 Å². The first-order chi connectivity index (χ1) is 11.8. The highest BCUT2D eigenvalue weighted by Gasteiger charge is 2.35. The Morgan fingerprint density at radius 1 is 1.25 bits per heavy atom. The molecule has 124 valence electrons. The summed E-state index contributed by atoms with van der Waals surface area (Å²) in [5, 5.41) is 9.27. The SMILES string of the molecule is N#CC1=C(c2ccc(COC3CC4CCCN4C3)cc2)CCC=C1. The molecule has 2 fully saturated rings. The van der Waals surface area contributed by atoms with E-state index < -0.39 is 0 Å². The van der Waals surface area contributed by atoms with Crippen molar-refractivity contribution in [3.05, 3.63) is 53.1 Å². The third-order valence-electron chi connectivity index (χ3n) is 5.55. The number of nitrogens with zero attached hydrogens (tertiary/aromatic N) is 2. The molecule has 1 aliphatic carbocycles. The highest BCUT2D eigenvalue weighted by Crippen LogP contribution is 2.30. The first-order valence-corrected chi connectivity index (χ1v) is 9.08. The van der Waals surface area contributed by atoms with Crippen LogP contribution in [0.2, 0.25) is 0 Å². The van der Waals surface area contributed by atoms with Crippen LogP contribution in [0.15, 0.2) is 42.0 Å². The maximum absolute atomic E-state index is 9.27. The van der Waals surface area contributed by atoms with Gasteiger partial charge in [0.2, 0.25) is 0 Å². The van der Waals surface area contributed by atoms with E-state index in [-0.39, 0.29) is 0 Å². The second kappa shape index (κ2) is 6.93. The molecule has 2 unspecified atom stereocenters. The Balaban J connectivity index is 1.37. The molecule has 3 heteroatoms. The molecule has 4 rings (SSSR count). The number of ether oxygens (including phenoxy) is 1. The molecule has 1 aromatic carbocycles. The third kappa shape index (κ3) is 3.17. The fourth-order valence-corrected chi connectivity index (χ4v) is 4.25.